The van der Waals surface area contributed by atoms with E-state index >= 15 is 0 Å². The van der Waals surface area contributed by atoms with Crippen LogP contribution in [0.2, 0.25) is 0 Å². The normalized spacial score (nSPS) is 13.8. The van der Waals surface area contributed by atoms with Crippen molar-refractivity contribution >= 4 is 62.3 Å². The Hall–Kier alpha value is -1.57. The second-order valence-corrected chi connectivity index (χ2v) is 13.7. The Morgan fingerprint density at radius 3 is 2.02 bits per heavy atom. The highest BCUT2D eigenvalue weighted by Gasteiger charge is 2.58. The number of benzene rings is 1. The quantitative estimate of drug-likeness (QED) is 0.0499. The minimum atomic E-state index is -5.57. The first-order valence-electron chi connectivity index (χ1n) is 12.1. The van der Waals surface area contributed by atoms with Gasteiger partial charge in [-0.2, -0.15) is 0 Å². The van der Waals surface area contributed by atoms with Gasteiger partial charge in [-0.05, 0) is 50.3 Å². The molecule has 1 rings (SSSR count). The maximum Gasteiger partial charge on any atom is 0.369 e. The SMILES string of the molecule is C[C@@H](C(=O)NCCCCC(O)(P(=O)(O)O)P(=O)(O)O)N(C=O)C(=O)[C@@H](N)Cc1ccc(N(CCCl)CCCl)cc1. The lowest BCUT2D eigenvalue weighted by molar-refractivity contribution is -0.146. The molecule has 40 heavy (non-hydrogen) atoms. The van der Waals surface area contributed by atoms with Crippen LogP contribution >= 0.6 is 38.4 Å². The Kier molecular flexibility index (Phi) is 14.7. The lowest BCUT2D eigenvalue weighted by Gasteiger charge is -2.29. The zero-order valence-electron chi connectivity index (χ0n) is 21.8. The molecule has 0 radical (unpaired) electrons. The molecule has 1 aromatic rings. The summed E-state index contributed by atoms with van der Waals surface area (Å²) in [5, 5.41) is 8.74. The van der Waals surface area contributed by atoms with E-state index in [9.17, 15) is 28.6 Å². The molecule has 18 heteroatoms. The Morgan fingerprint density at radius 2 is 1.57 bits per heavy atom. The topological polar surface area (TPSA) is 231 Å². The predicted octanol–water partition coefficient (Wildman–Crippen LogP) is 0.502. The molecule has 228 valence electrons. The summed E-state index contributed by atoms with van der Waals surface area (Å²) in [5.41, 5.74) is 7.63. The van der Waals surface area contributed by atoms with E-state index in [-0.39, 0.29) is 32.2 Å². The van der Waals surface area contributed by atoms with Crippen LogP contribution in [0.25, 0.3) is 0 Å². The number of carbonyl (C=O) groups excluding carboxylic acids is 3. The van der Waals surface area contributed by atoms with Crippen LogP contribution in [-0.2, 0) is 29.9 Å². The molecule has 0 spiro atoms. The number of imide groups is 1. The van der Waals surface area contributed by atoms with Crippen LogP contribution < -0.4 is 16.0 Å². The molecule has 0 saturated carbocycles. The van der Waals surface area contributed by atoms with Crippen molar-refractivity contribution in [3.05, 3.63) is 29.8 Å². The fourth-order valence-corrected chi connectivity index (χ4v) is 6.38. The molecule has 0 bridgehead atoms. The summed E-state index contributed by atoms with van der Waals surface area (Å²) in [4.78, 5) is 76.2. The number of hydrogen-bond acceptors (Lipinski definition) is 8. The van der Waals surface area contributed by atoms with Crippen molar-refractivity contribution in [2.45, 2.75) is 49.8 Å². The zero-order chi connectivity index (χ0) is 30.7. The van der Waals surface area contributed by atoms with E-state index in [2.05, 4.69) is 5.32 Å². The van der Waals surface area contributed by atoms with Crippen molar-refractivity contribution in [2.75, 3.05) is 36.3 Å². The number of carbonyl (C=O) groups is 3. The van der Waals surface area contributed by atoms with E-state index in [0.717, 1.165) is 11.3 Å². The molecule has 0 saturated heterocycles. The minimum absolute atomic E-state index is 0.0292. The molecule has 14 nitrogen and oxygen atoms in total. The molecular formula is C22H36Cl2N4O10P2. The fourth-order valence-electron chi connectivity index (χ4n) is 3.72. The summed E-state index contributed by atoms with van der Waals surface area (Å²) in [6.45, 7) is 2.36. The Labute approximate surface area is 242 Å². The first-order chi connectivity index (χ1) is 18.5. The monoisotopic (exact) mass is 648 g/mol. The van der Waals surface area contributed by atoms with Crippen molar-refractivity contribution in [1.29, 1.82) is 0 Å². The number of halogens is 2. The van der Waals surface area contributed by atoms with Crippen LogP contribution in [0.15, 0.2) is 24.3 Å². The van der Waals surface area contributed by atoms with Gasteiger partial charge in [0.1, 0.15) is 6.04 Å². The van der Waals surface area contributed by atoms with Crippen LogP contribution in [0.4, 0.5) is 5.69 Å². The lowest BCUT2D eigenvalue weighted by atomic mass is 10.0. The molecular weight excluding hydrogens is 613 g/mol. The number of aliphatic hydroxyl groups is 1. The van der Waals surface area contributed by atoms with Crippen LogP contribution in [-0.4, -0.2) is 96.4 Å². The van der Waals surface area contributed by atoms with Gasteiger partial charge in [0.25, 0.3) is 5.08 Å². The summed E-state index contributed by atoms with van der Waals surface area (Å²) in [6.07, 6.45) is -0.953. The summed E-state index contributed by atoms with van der Waals surface area (Å²) in [7, 11) is -11.1. The molecule has 0 unspecified atom stereocenters. The summed E-state index contributed by atoms with van der Waals surface area (Å²) in [6, 6.07) is 4.84. The van der Waals surface area contributed by atoms with Gasteiger partial charge < -0.3 is 40.6 Å². The van der Waals surface area contributed by atoms with Crippen LogP contribution in [0.3, 0.4) is 0 Å². The van der Waals surface area contributed by atoms with Crippen molar-refractivity contribution in [3.8, 4) is 0 Å². The molecule has 1 aromatic carbocycles. The molecule has 0 aliphatic heterocycles. The number of nitrogens with two attached hydrogens (primary N) is 1. The highest BCUT2D eigenvalue weighted by molar-refractivity contribution is 7.72. The van der Waals surface area contributed by atoms with Gasteiger partial charge >= 0.3 is 15.2 Å². The highest BCUT2D eigenvalue weighted by Crippen LogP contribution is 2.69. The first-order valence-corrected chi connectivity index (χ1v) is 16.4. The number of nitrogens with zero attached hydrogens (tertiary/aromatic N) is 2. The standard InChI is InChI=1S/C22H36Cl2N4O10P2/c1-16(20(30)26-11-3-2-8-22(32,39(33,34)35)40(36,37)38)28(15-29)21(31)19(25)14-17-4-6-18(7-5-17)27(12-9-23)13-10-24/h4-7,15-16,19,32H,2-3,8-14,25H2,1H3,(H,26,30)(H2,33,34,35)(H2,36,37,38)/t16-,19-/m0/s1. The number of nitrogens with one attached hydrogen (secondary N) is 1. The van der Waals surface area contributed by atoms with Gasteiger partial charge in [0.05, 0.1) is 6.04 Å². The molecule has 0 fully saturated rings. The van der Waals surface area contributed by atoms with Gasteiger partial charge in [-0.15, -0.1) is 23.2 Å². The number of alkyl halides is 2. The van der Waals surface area contributed by atoms with Gasteiger partial charge in [-0.1, -0.05) is 12.1 Å². The molecule has 2 atom stereocenters. The van der Waals surface area contributed by atoms with Gasteiger partial charge in [0.2, 0.25) is 18.2 Å². The molecule has 0 heterocycles. The number of unbranched alkanes of at least 4 members (excludes halogenated alkanes) is 1. The third-order valence-electron chi connectivity index (χ3n) is 6.12. The Bertz CT molecular complexity index is 1060. The number of anilines is 1. The smallest absolute Gasteiger partial charge is 0.369 e. The lowest BCUT2D eigenvalue weighted by Crippen LogP contribution is -2.53. The van der Waals surface area contributed by atoms with E-state index in [1.165, 1.54) is 6.92 Å². The van der Waals surface area contributed by atoms with E-state index in [4.69, 9.17) is 48.5 Å². The number of hydrogen-bond donors (Lipinski definition) is 7. The molecule has 0 aromatic heterocycles. The number of rotatable bonds is 18. The molecule has 0 aliphatic carbocycles. The molecule has 0 aliphatic rings. The van der Waals surface area contributed by atoms with E-state index in [1.54, 1.807) is 12.1 Å². The molecule has 8 N–H and O–H groups in total. The predicted molar refractivity (Wildman–Crippen MR) is 150 cm³/mol. The Morgan fingerprint density at radius 1 is 1.05 bits per heavy atom. The van der Waals surface area contributed by atoms with Crippen LogP contribution in [0.5, 0.6) is 0 Å². The summed E-state index contributed by atoms with van der Waals surface area (Å²) >= 11 is 11.7. The van der Waals surface area contributed by atoms with Gasteiger partial charge in [-0.25, -0.2) is 0 Å². The van der Waals surface area contributed by atoms with Crippen molar-refractivity contribution < 1.29 is 48.2 Å². The fraction of sp³-hybridized carbons (Fsp3) is 0.591. The zero-order valence-corrected chi connectivity index (χ0v) is 25.1. The van der Waals surface area contributed by atoms with Crippen molar-refractivity contribution in [2.24, 2.45) is 5.73 Å². The average Bonchev–Trinajstić information content (AvgIpc) is 2.87. The third kappa shape index (κ3) is 10.1. The maximum absolute atomic E-state index is 12.8. The second-order valence-electron chi connectivity index (χ2n) is 8.98. The maximum atomic E-state index is 12.8. The molecule has 3 amide bonds. The summed E-state index contributed by atoms with van der Waals surface area (Å²) in [5.74, 6) is -0.694. The van der Waals surface area contributed by atoms with E-state index < -0.39 is 50.6 Å². The third-order valence-corrected chi connectivity index (χ3v) is 10.3. The van der Waals surface area contributed by atoms with Crippen molar-refractivity contribution in [1.82, 2.24) is 10.2 Å². The minimum Gasteiger partial charge on any atom is -0.369 e. The second kappa shape index (κ2) is 16.2. The largest absolute Gasteiger partial charge is 0.369 e. The van der Waals surface area contributed by atoms with Gasteiger partial charge in [-0.3, -0.25) is 28.4 Å². The highest BCUT2D eigenvalue weighted by atomic mass is 35.5. The van der Waals surface area contributed by atoms with Gasteiger partial charge in [0.15, 0.2) is 0 Å². The van der Waals surface area contributed by atoms with Crippen LogP contribution in [0, 0.1) is 0 Å². The number of amides is 3. The van der Waals surface area contributed by atoms with E-state index in [0.29, 0.717) is 29.7 Å². The van der Waals surface area contributed by atoms with Crippen LogP contribution in [0.1, 0.15) is 31.7 Å². The summed E-state index contributed by atoms with van der Waals surface area (Å²) < 4.78 is 22.8. The van der Waals surface area contributed by atoms with Crippen molar-refractivity contribution in [3.63, 3.8) is 0 Å². The van der Waals surface area contributed by atoms with Gasteiger partial charge in [0, 0.05) is 37.1 Å². The average molecular weight is 649 g/mol. The van der Waals surface area contributed by atoms with E-state index in [1.807, 2.05) is 17.0 Å². The first kappa shape index (κ1) is 36.5. The Balaban J connectivity index is 2.69.